The summed E-state index contributed by atoms with van der Waals surface area (Å²) in [4.78, 5) is 0. The van der Waals surface area contributed by atoms with Gasteiger partial charge in [0.2, 0.25) is 0 Å². The van der Waals surface area contributed by atoms with Crippen LogP contribution in [-0.4, -0.2) is 44.2 Å². The SMILES string of the molecule is CS(=O)(=O)C1CCCCC1NCCCO. The van der Waals surface area contributed by atoms with Crippen molar-refractivity contribution in [1.82, 2.24) is 5.32 Å². The second-order valence-electron chi connectivity index (χ2n) is 4.29. The van der Waals surface area contributed by atoms with Crippen molar-refractivity contribution in [2.24, 2.45) is 0 Å². The Balaban J connectivity index is 2.51. The highest BCUT2D eigenvalue weighted by Gasteiger charge is 2.31. The molecule has 0 radical (unpaired) electrons. The Kier molecular flexibility index (Phi) is 5.02. The Morgan fingerprint density at radius 1 is 1.33 bits per heavy atom. The summed E-state index contributed by atoms with van der Waals surface area (Å²) in [6.07, 6.45) is 5.83. The first-order valence-electron chi connectivity index (χ1n) is 5.59. The summed E-state index contributed by atoms with van der Waals surface area (Å²) in [7, 11) is -2.94. The summed E-state index contributed by atoms with van der Waals surface area (Å²) < 4.78 is 23.1. The number of hydrogen-bond donors (Lipinski definition) is 2. The molecule has 15 heavy (non-hydrogen) atoms. The molecule has 0 spiro atoms. The number of nitrogens with one attached hydrogen (secondary N) is 1. The molecule has 2 unspecified atom stereocenters. The molecule has 1 aliphatic carbocycles. The van der Waals surface area contributed by atoms with Crippen LogP contribution in [0.5, 0.6) is 0 Å². The molecule has 0 aromatic rings. The average Bonchev–Trinajstić information content (AvgIpc) is 2.17. The van der Waals surface area contributed by atoms with E-state index in [0.29, 0.717) is 13.0 Å². The van der Waals surface area contributed by atoms with E-state index in [1.165, 1.54) is 6.26 Å². The van der Waals surface area contributed by atoms with Gasteiger partial charge >= 0.3 is 0 Å². The van der Waals surface area contributed by atoms with E-state index in [0.717, 1.165) is 25.7 Å². The normalized spacial score (nSPS) is 27.9. The number of aliphatic hydroxyl groups is 1. The predicted molar refractivity (Wildman–Crippen MR) is 60.6 cm³/mol. The van der Waals surface area contributed by atoms with Crippen LogP contribution in [0.2, 0.25) is 0 Å². The third-order valence-electron chi connectivity index (χ3n) is 2.99. The van der Waals surface area contributed by atoms with Crippen molar-refractivity contribution in [3.8, 4) is 0 Å². The van der Waals surface area contributed by atoms with Gasteiger partial charge < -0.3 is 10.4 Å². The van der Waals surface area contributed by atoms with Gasteiger partial charge in [-0.25, -0.2) is 8.42 Å². The third kappa shape index (κ3) is 4.09. The maximum absolute atomic E-state index is 11.5. The van der Waals surface area contributed by atoms with Gasteiger partial charge in [-0.05, 0) is 25.8 Å². The molecule has 0 heterocycles. The fourth-order valence-corrected chi connectivity index (χ4v) is 3.63. The van der Waals surface area contributed by atoms with Gasteiger partial charge in [-0.3, -0.25) is 0 Å². The minimum atomic E-state index is -2.94. The molecule has 2 N–H and O–H groups in total. The summed E-state index contributed by atoms with van der Waals surface area (Å²) in [6, 6.07) is 0.0836. The van der Waals surface area contributed by atoms with Gasteiger partial charge in [-0.15, -0.1) is 0 Å². The Labute approximate surface area is 92.0 Å². The van der Waals surface area contributed by atoms with E-state index in [1.807, 2.05) is 0 Å². The van der Waals surface area contributed by atoms with E-state index in [4.69, 9.17) is 5.11 Å². The first-order chi connectivity index (χ1) is 7.05. The van der Waals surface area contributed by atoms with Crippen molar-refractivity contribution in [3.63, 3.8) is 0 Å². The molecule has 1 rings (SSSR count). The van der Waals surface area contributed by atoms with E-state index >= 15 is 0 Å². The highest BCUT2D eigenvalue weighted by molar-refractivity contribution is 7.91. The van der Waals surface area contributed by atoms with E-state index in [9.17, 15) is 8.42 Å². The molecule has 5 heteroatoms. The quantitative estimate of drug-likeness (QED) is 0.673. The fraction of sp³-hybridized carbons (Fsp3) is 1.00. The van der Waals surface area contributed by atoms with Crippen LogP contribution in [0.25, 0.3) is 0 Å². The van der Waals surface area contributed by atoms with Crippen LogP contribution in [-0.2, 0) is 9.84 Å². The monoisotopic (exact) mass is 235 g/mol. The van der Waals surface area contributed by atoms with Crippen LogP contribution < -0.4 is 5.32 Å². The van der Waals surface area contributed by atoms with Gasteiger partial charge in [0.05, 0.1) is 5.25 Å². The lowest BCUT2D eigenvalue weighted by molar-refractivity contribution is 0.278. The summed E-state index contributed by atoms with van der Waals surface area (Å²) in [6.45, 7) is 0.858. The molecule has 1 saturated carbocycles. The van der Waals surface area contributed by atoms with Crippen molar-refractivity contribution >= 4 is 9.84 Å². The molecule has 0 aromatic carbocycles. The number of rotatable bonds is 5. The van der Waals surface area contributed by atoms with Crippen LogP contribution >= 0.6 is 0 Å². The van der Waals surface area contributed by atoms with Crippen LogP contribution in [0.3, 0.4) is 0 Å². The zero-order valence-corrected chi connectivity index (χ0v) is 10.1. The number of hydrogen-bond acceptors (Lipinski definition) is 4. The standard InChI is InChI=1S/C10H21NO3S/c1-15(13,14)10-6-3-2-5-9(10)11-7-4-8-12/h9-12H,2-8H2,1H3. The first-order valence-corrected chi connectivity index (χ1v) is 7.54. The van der Waals surface area contributed by atoms with E-state index < -0.39 is 9.84 Å². The van der Waals surface area contributed by atoms with Gasteiger partial charge in [0.25, 0.3) is 0 Å². The Morgan fingerprint density at radius 2 is 2.00 bits per heavy atom. The van der Waals surface area contributed by atoms with E-state index in [1.54, 1.807) is 0 Å². The predicted octanol–water partition coefficient (Wildman–Crippen LogP) is 0.314. The van der Waals surface area contributed by atoms with Gasteiger partial charge in [-0.1, -0.05) is 12.8 Å². The van der Waals surface area contributed by atoms with Crippen LogP contribution in [0, 0.1) is 0 Å². The lowest BCUT2D eigenvalue weighted by atomic mass is 9.95. The Bertz CT molecular complexity index is 276. The van der Waals surface area contributed by atoms with Crippen molar-refractivity contribution in [2.45, 2.75) is 43.4 Å². The van der Waals surface area contributed by atoms with Gasteiger partial charge in [-0.2, -0.15) is 0 Å². The van der Waals surface area contributed by atoms with Crippen LogP contribution in [0.4, 0.5) is 0 Å². The maximum atomic E-state index is 11.5. The molecule has 0 bridgehead atoms. The zero-order valence-electron chi connectivity index (χ0n) is 9.28. The molecular formula is C10H21NO3S. The maximum Gasteiger partial charge on any atom is 0.151 e. The van der Waals surface area contributed by atoms with Crippen LogP contribution in [0.15, 0.2) is 0 Å². The summed E-state index contributed by atoms with van der Waals surface area (Å²) in [5, 5.41) is 11.7. The molecule has 0 aromatic heterocycles. The Hall–Kier alpha value is -0.130. The first kappa shape index (κ1) is 12.9. The minimum Gasteiger partial charge on any atom is -0.396 e. The van der Waals surface area contributed by atoms with Gasteiger partial charge in [0.15, 0.2) is 9.84 Å². The molecular weight excluding hydrogens is 214 g/mol. The average molecular weight is 235 g/mol. The molecule has 1 fully saturated rings. The molecule has 0 saturated heterocycles. The van der Waals surface area contributed by atoms with E-state index in [-0.39, 0.29) is 17.9 Å². The van der Waals surface area contributed by atoms with Gasteiger partial charge in [0, 0.05) is 18.9 Å². The van der Waals surface area contributed by atoms with Crippen molar-refractivity contribution < 1.29 is 13.5 Å². The lowest BCUT2D eigenvalue weighted by Gasteiger charge is -2.30. The van der Waals surface area contributed by atoms with Crippen LogP contribution in [0.1, 0.15) is 32.1 Å². The molecule has 4 nitrogen and oxygen atoms in total. The molecule has 0 aliphatic heterocycles. The summed E-state index contributed by atoms with van der Waals surface area (Å²) in [5.74, 6) is 0. The highest BCUT2D eigenvalue weighted by Crippen LogP contribution is 2.23. The number of sulfone groups is 1. The molecule has 1 aliphatic rings. The third-order valence-corrected chi connectivity index (χ3v) is 4.66. The Morgan fingerprint density at radius 3 is 2.60 bits per heavy atom. The molecule has 0 amide bonds. The fourth-order valence-electron chi connectivity index (χ4n) is 2.21. The smallest absolute Gasteiger partial charge is 0.151 e. The number of aliphatic hydroxyl groups excluding tert-OH is 1. The van der Waals surface area contributed by atoms with Crippen molar-refractivity contribution in [2.75, 3.05) is 19.4 Å². The second-order valence-corrected chi connectivity index (χ2v) is 6.55. The van der Waals surface area contributed by atoms with Crippen molar-refractivity contribution in [3.05, 3.63) is 0 Å². The zero-order chi connectivity index (χ0) is 11.3. The van der Waals surface area contributed by atoms with Crippen molar-refractivity contribution in [1.29, 1.82) is 0 Å². The summed E-state index contributed by atoms with van der Waals surface area (Å²) >= 11 is 0. The summed E-state index contributed by atoms with van der Waals surface area (Å²) in [5.41, 5.74) is 0. The minimum absolute atomic E-state index is 0.0836. The highest BCUT2D eigenvalue weighted by atomic mass is 32.2. The molecule has 2 atom stereocenters. The largest absolute Gasteiger partial charge is 0.396 e. The topological polar surface area (TPSA) is 66.4 Å². The second kappa shape index (κ2) is 5.82. The lowest BCUT2D eigenvalue weighted by Crippen LogP contribution is -2.46. The van der Waals surface area contributed by atoms with Gasteiger partial charge in [0.1, 0.15) is 0 Å². The van der Waals surface area contributed by atoms with E-state index in [2.05, 4.69) is 5.32 Å². The molecule has 90 valence electrons.